The molecule has 7 heteroatoms. The lowest BCUT2D eigenvalue weighted by Crippen LogP contribution is -2.45. The van der Waals surface area contributed by atoms with Gasteiger partial charge in [0.05, 0.1) is 12.7 Å². The summed E-state index contributed by atoms with van der Waals surface area (Å²) < 4.78 is 32.9. The number of hydrogen-bond donors (Lipinski definition) is 1. The third kappa shape index (κ3) is 3.93. The molecule has 1 unspecified atom stereocenters. The molecule has 0 radical (unpaired) electrons. The number of aliphatic hydroxyl groups is 1. The van der Waals surface area contributed by atoms with Crippen molar-refractivity contribution in [3.05, 3.63) is 48.3 Å². The van der Waals surface area contributed by atoms with Crippen LogP contribution < -0.4 is 0 Å². The SMILES string of the molecule is CC1N(C)C=CN1CCOC(=O)[C@](O)(c1ccccc1)[C@@H]1CCC(F)(F)C1. The first kappa shape index (κ1) is 19.6. The molecule has 1 N–H and O–H groups in total. The molecule has 148 valence electrons. The maximum atomic E-state index is 13.8. The Kier molecular flexibility index (Phi) is 5.42. The highest BCUT2D eigenvalue weighted by Gasteiger charge is 2.54. The highest BCUT2D eigenvalue weighted by Crippen LogP contribution is 2.47. The second-order valence-electron chi connectivity index (χ2n) is 7.40. The second kappa shape index (κ2) is 7.46. The van der Waals surface area contributed by atoms with Crippen LogP contribution in [0.15, 0.2) is 42.7 Å². The van der Waals surface area contributed by atoms with Gasteiger partial charge in [-0.05, 0) is 18.9 Å². The molecule has 0 saturated heterocycles. The molecule has 1 fully saturated rings. The minimum Gasteiger partial charge on any atom is -0.461 e. The van der Waals surface area contributed by atoms with Gasteiger partial charge in [-0.1, -0.05) is 30.3 Å². The van der Waals surface area contributed by atoms with Crippen molar-refractivity contribution in [3.8, 4) is 0 Å². The van der Waals surface area contributed by atoms with Crippen LogP contribution in [0.3, 0.4) is 0 Å². The minimum absolute atomic E-state index is 0.0691. The van der Waals surface area contributed by atoms with Crippen molar-refractivity contribution in [2.24, 2.45) is 5.92 Å². The lowest BCUT2D eigenvalue weighted by atomic mass is 9.80. The molecular weight excluding hydrogens is 354 g/mol. The molecule has 3 atom stereocenters. The highest BCUT2D eigenvalue weighted by atomic mass is 19.3. The van der Waals surface area contributed by atoms with Crippen molar-refractivity contribution < 1.29 is 23.4 Å². The molecule has 0 spiro atoms. The first-order valence-corrected chi connectivity index (χ1v) is 9.23. The molecule has 3 rings (SSSR count). The number of carbonyl (C=O) groups excluding carboxylic acids is 1. The average molecular weight is 380 g/mol. The van der Waals surface area contributed by atoms with Crippen LogP contribution in [0.5, 0.6) is 0 Å². The van der Waals surface area contributed by atoms with Crippen LogP contribution in [0.4, 0.5) is 8.78 Å². The summed E-state index contributed by atoms with van der Waals surface area (Å²) >= 11 is 0. The Morgan fingerprint density at radius 1 is 1.33 bits per heavy atom. The normalized spacial score (nSPS) is 26.3. The Morgan fingerprint density at radius 3 is 2.59 bits per heavy atom. The van der Waals surface area contributed by atoms with Gasteiger partial charge in [-0.15, -0.1) is 0 Å². The maximum Gasteiger partial charge on any atom is 0.343 e. The van der Waals surface area contributed by atoms with E-state index in [1.54, 1.807) is 30.3 Å². The Labute approximate surface area is 158 Å². The molecular formula is C20H26F2N2O3. The van der Waals surface area contributed by atoms with Crippen molar-refractivity contribution in [1.29, 1.82) is 0 Å². The molecule has 1 aromatic carbocycles. The number of carbonyl (C=O) groups is 1. The van der Waals surface area contributed by atoms with E-state index in [0.717, 1.165) is 0 Å². The predicted octanol–water partition coefficient (Wildman–Crippen LogP) is 2.92. The summed E-state index contributed by atoms with van der Waals surface area (Å²) in [6.07, 6.45) is 3.19. The van der Waals surface area contributed by atoms with Crippen molar-refractivity contribution in [1.82, 2.24) is 9.80 Å². The van der Waals surface area contributed by atoms with E-state index in [-0.39, 0.29) is 25.6 Å². The van der Waals surface area contributed by atoms with Crippen LogP contribution in [-0.4, -0.2) is 53.2 Å². The fourth-order valence-electron chi connectivity index (χ4n) is 3.81. The van der Waals surface area contributed by atoms with Gasteiger partial charge in [-0.25, -0.2) is 13.6 Å². The van der Waals surface area contributed by atoms with Crippen molar-refractivity contribution in [2.45, 2.75) is 43.9 Å². The Morgan fingerprint density at radius 2 is 2.04 bits per heavy atom. The molecule has 0 bridgehead atoms. The van der Waals surface area contributed by atoms with Crippen LogP contribution in [0.1, 0.15) is 31.7 Å². The van der Waals surface area contributed by atoms with E-state index < -0.39 is 29.8 Å². The van der Waals surface area contributed by atoms with Gasteiger partial charge in [0.2, 0.25) is 5.92 Å². The quantitative estimate of drug-likeness (QED) is 0.769. The van der Waals surface area contributed by atoms with E-state index in [0.29, 0.717) is 12.1 Å². The maximum absolute atomic E-state index is 13.8. The number of hydrogen-bond acceptors (Lipinski definition) is 5. The van der Waals surface area contributed by atoms with Crippen molar-refractivity contribution >= 4 is 5.97 Å². The average Bonchev–Trinajstić information content (AvgIpc) is 3.18. The molecule has 1 aromatic rings. The largest absolute Gasteiger partial charge is 0.461 e. The van der Waals surface area contributed by atoms with Crippen LogP contribution >= 0.6 is 0 Å². The number of rotatable bonds is 6. The van der Waals surface area contributed by atoms with Crippen LogP contribution in [-0.2, 0) is 15.1 Å². The van der Waals surface area contributed by atoms with E-state index in [9.17, 15) is 18.7 Å². The van der Waals surface area contributed by atoms with Crippen LogP contribution in [0.25, 0.3) is 0 Å². The van der Waals surface area contributed by atoms with Gasteiger partial charge < -0.3 is 19.6 Å². The molecule has 1 saturated carbocycles. The predicted molar refractivity (Wildman–Crippen MR) is 96.7 cm³/mol. The van der Waals surface area contributed by atoms with Gasteiger partial charge in [0.25, 0.3) is 0 Å². The summed E-state index contributed by atoms with van der Waals surface area (Å²) in [4.78, 5) is 16.8. The van der Waals surface area contributed by atoms with E-state index in [2.05, 4.69) is 0 Å². The standard InChI is InChI=1S/C20H26F2N2O3/c1-15-23(2)10-11-24(15)12-13-27-18(25)20(26,16-6-4-3-5-7-16)17-8-9-19(21,22)14-17/h3-7,10-11,15,17,26H,8-9,12-14H2,1-2H3/t15?,17-,20+/m1/s1. The summed E-state index contributed by atoms with van der Waals surface area (Å²) in [6.45, 7) is 2.54. The fourth-order valence-corrected chi connectivity index (χ4v) is 3.81. The van der Waals surface area contributed by atoms with E-state index in [1.165, 1.54) is 0 Å². The van der Waals surface area contributed by atoms with E-state index >= 15 is 0 Å². The van der Waals surface area contributed by atoms with Crippen molar-refractivity contribution in [2.75, 3.05) is 20.2 Å². The summed E-state index contributed by atoms with van der Waals surface area (Å²) in [5.74, 6) is -4.60. The number of ether oxygens (including phenoxy) is 1. The van der Waals surface area contributed by atoms with Gasteiger partial charge >= 0.3 is 5.97 Å². The number of halogens is 2. The zero-order chi connectivity index (χ0) is 19.7. The lowest BCUT2D eigenvalue weighted by molar-refractivity contribution is -0.175. The molecule has 0 aromatic heterocycles. The zero-order valence-corrected chi connectivity index (χ0v) is 15.6. The monoisotopic (exact) mass is 380 g/mol. The first-order valence-electron chi connectivity index (χ1n) is 9.23. The van der Waals surface area contributed by atoms with Gasteiger partial charge in [0.15, 0.2) is 5.60 Å². The van der Waals surface area contributed by atoms with Gasteiger partial charge in [-0.2, -0.15) is 0 Å². The molecule has 1 aliphatic heterocycles. The molecule has 2 aliphatic rings. The number of nitrogens with zero attached hydrogens (tertiary/aromatic N) is 2. The Hall–Kier alpha value is -2.15. The van der Waals surface area contributed by atoms with E-state index in [4.69, 9.17) is 4.74 Å². The summed E-state index contributed by atoms with van der Waals surface area (Å²) in [5, 5.41) is 11.2. The Balaban J connectivity index is 1.71. The number of alkyl halides is 2. The van der Waals surface area contributed by atoms with Crippen LogP contribution in [0, 0.1) is 5.92 Å². The molecule has 1 aliphatic carbocycles. The molecule has 5 nitrogen and oxygen atoms in total. The molecule has 0 amide bonds. The van der Waals surface area contributed by atoms with Gasteiger partial charge in [0.1, 0.15) is 6.61 Å². The number of esters is 1. The van der Waals surface area contributed by atoms with E-state index in [1.807, 2.05) is 36.2 Å². The van der Waals surface area contributed by atoms with Crippen LogP contribution in [0.2, 0.25) is 0 Å². The molecule has 27 heavy (non-hydrogen) atoms. The van der Waals surface area contributed by atoms with Gasteiger partial charge in [-0.3, -0.25) is 0 Å². The fraction of sp³-hybridized carbons (Fsp3) is 0.550. The Bertz CT molecular complexity index is 698. The summed E-state index contributed by atoms with van der Waals surface area (Å²) in [5.41, 5.74) is -1.77. The summed E-state index contributed by atoms with van der Waals surface area (Å²) in [6, 6.07) is 8.26. The van der Waals surface area contributed by atoms with Gasteiger partial charge in [0, 0.05) is 38.2 Å². The molecule has 1 heterocycles. The minimum atomic E-state index is -2.87. The highest BCUT2D eigenvalue weighted by molar-refractivity contribution is 5.81. The first-order chi connectivity index (χ1) is 12.7. The van der Waals surface area contributed by atoms with Crippen molar-refractivity contribution in [3.63, 3.8) is 0 Å². The smallest absolute Gasteiger partial charge is 0.343 e. The lowest BCUT2D eigenvalue weighted by Gasteiger charge is -2.33. The zero-order valence-electron chi connectivity index (χ0n) is 15.6. The topological polar surface area (TPSA) is 53.0 Å². The third-order valence-electron chi connectivity index (χ3n) is 5.66. The summed E-state index contributed by atoms with van der Waals surface area (Å²) in [7, 11) is 1.95. The second-order valence-corrected chi connectivity index (χ2v) is 7.40. The number of benzene rings is 1. The third-order valence-corrected chi connectivity index (χ3v) is 5.66.